The number of nitrogens with zero attached hydrogens (tertiary/aromatic N) is 2. The van der Waals surface area contributed by atoms with Gasteiger partial charge in [0.25, 0.3) is 5.91 Å². The number of carbonyl (C=O) groups excluding carboxylic acids is 2. The number of amides is 2. The molecule has 2 fully saturated rings. The second-order valence-electron chi connectivity index (χ2n) is 7.12. The van der Waals surface area contributed by atoms with Crippen molar-refractivity contribution in [3.8, 4) is 5.88 Å². The standard InChI is InChI=1S/C21H23N3O3S/c25-20-11-17(13-24(20)12-15-4-2-1-3-5-15)23-21(26)16-6-8-22-19(10-16)27-18-7-9-28-14-18/h1-6,8,10,17-18H,7,9,11-14H2,(H,23,26). The van der Waals surface area contributed by atoms with Crippen molar-refractivity contribution in [2.24, 2.45) is 0 Å². The summed E-state index contributed by atoms with van der Waals surface area (Å²) in [6, 6.07) is 13.0. The third kappa shape index (κ3) is 4.65. The minimum absolute atomic E-state index is 0.0617. The van der Waals surface area contributed by atoms with Gasteiger partial charge in [-0.05, 0) is 23.8 Å². The lowest BCUT2D eigenvalue weighted by Gasteiger charge is -2.17. The molecule has 1 N–H and O–H groups in total. The van der Waals surface area contributed by atoms with Gasteiger partial charge in [0.1, 0.15) is 6.10 Å². The van der Waals surface area contributed by atoms with Gasteiger partial charge in [-0.2, -0.15) is 11.8 Å². The summed E-state index contributed by atoms with van der Waals surface area (Å²) in [6.45, 7) is 1.09. The second kappa shape index (κ2) is 8.65. The predicted molar refractivity (Wildman–Crippen MR) is 108 cm³/mol. The largest absolute Gasteiger partial charge is 0.473 e. The SMILES string of the molecule is O=C(NC1CC(=O)N(Cc2ccccc2)C1)c1ccnc(OC2CCSC2)c1. The highest BCUT2D eigenvalue weighted by atomic mass is 32.2. The van der Waals surface area contributed by atoms with Crippen LogP contribution in [0, 0.1) is 0 Å². The topological polar surface area (TPSA) is 71.5 Å². The maximum Gasteiger partial charge on any atom is 0.251 e. The number of ether oxygens (including phenoxy) is 1. The summed E-state index contributed by atoms with van der Waals surface area (Å²) in [6.07, 6.45) is 3.08. The van der Waals surface area contributed by atoms with Gasteiger partial charge in [-0.3, -0.25) is 9.59 Å². The minimum Gasteiger partial charge on any atom is -0.473 e. The Kier molecular flexibility index (Phi) is 5.81. The maximum atomic E-state index is 12.6. The summed E-state index contributed by atoms with van der Waals surface area (Å²) >= 11 is 1.87. The van der Waals surface area contributed by atoms with Crippen molar-refractivity contribution in [2.75, 3.05) is 18.1 Å². The Hall–Kier alpha value is -2.54. The molecule has 2 amide bonds. The van der Waals surface area contributed by atoms with E-state index >= 15 is 0 Å². The number of benzene rings is 1. The van der Waals surface area contributed by atoms with E-state index in [2.05, 4.69) is 10.3 Å². The monoisotopic (exact) mass is 397 g/mol. The fraction of sp³-hybridized carbons (Fsp3) is 0.381. The van der Waals surface area contributed by atoms with E-state index in [9.17, 15) is 9.59 Å². The molecule has 1 aromatic carbocycles. The average Bonchev–Trinajstić information content (AvgIpc) is 3.33. The lowest BCUT2D eigenvalue weighted by atomic mass is 10.2. The number of thioether (sulfide) groups is 1. The first-order valence-corrected chi connectivity index (χ1v) is 10.7. The zero-order valence-electron chi connectivity index (χ0n) is 15.5. The second-order valence-corrected chi connectivity index (χ2v) is 8.27. The first-order valence-electron chi connectivity index (χ1n) is 9.50. The van der Waals surface area contributed by atoms with E-state index in [1.807, 2.05) is 42.1 Å². The molecule has 3 heterocycles. The number of likely N-dealkylation sites (tertiary alicyclic amines) is 1. The number of nitrogens with one attached hydrogen (secondary N) is 1. The highest BCUT2D eigenvalue weighted by Gasteiger charge is 2.30. The Morgan fingerprint density at radius 3 is 2.93 bits per heavy atom. The van der Waals surface area contributed by atoms with Crippen LogP contribution in [-0.4, -0.2) is 51.9 Å². The molecule has 2 aliphatic rings. The minimum atomic E-state index is -0.201. The summed E-state index contributed by atoms with van der Waals surface area (Å²) in [5, 5.41) is 2.97. The fourth-order valence-corrected chi connectivity index (χ4v) is 4.58. The quantitative estimate of drug-likeness (QED) is 0.811. The number of pyridine rings is 1. The van der Waals surface area contributed by atoms with Crippen LogP contribution >= 0.6 is 11.8 Å². The van der Waals surface area contributed by atoms with Gasteiger partial charge >= 0.3 is 0 Å². The first-order chi connectivity index (χ1) is 13.7. The van der Waals surface area contributed by atoms with Crippen molar-refractivity contribution in [2.45, 2.75) is 31.5 Å². The van der Waals surface area contributed by atoms with E-state index < -0.39 is 0 Å². The van der Waals surface area contributed by atoms with E-state index in [-0.39, 0.29) is 24.0 Å². The Morgan fingerprint density at radius 2 is 2.14 bits per heavy atom. The Balaban J connectivity index is 1.34. The summed E-state index contributed by atoms with van der Waals surface area (Å²) in [7, 11) is 0. The molecule has 1 aromatic heterocycles. The van der Waals surface area contributed by atoms with Gasteiger partial charge in [-0.25, -0.2) is 4.98 Å². The Labute approximate surface area is 168 Å². The molecule has 28 heavy (non-hydrogen) atoms. The summed E-state index contributed by atoms with van der Waals surface area (Å²) < 4.78 is 5.86. The summed E-state index contributed by atoms with van der Waals surface area (Å²) in [5.74, 6) is 2.40. The normalized spacial score (nSPS) is 21.7. The maximum absolute atomic E-state index is 12.6. The molecule has 0 aliphatic carbocycles. The highest BCUT2D eigenvalue weighted by molar-refractivity contribution is 7.99. The van der Waals surface area contributed by atoms with Crippen LogP contribution < -0.4 is 10.1 Å². The molecule has 7 heteroatoms. The Bertz CT molecular complexity index is 840. The van der Waals surface area contributed by atoms with Gasteiger partial charge in [0.05, 0.1) is 6.04 Å². The van der Waals surface area contributed by atoms with Gasteiger partial charge in [0.15, 0.2) is 0 Å². The van der Waals surface area contributed by atoms with E-state index in [1.54, 1.807) is 23.2 Å². The molecule has 2 aliphatic heterocycles. The number of hydrogen-bond acceptors (Lipinski definition) is 5. The first kappa shape index (κ1) is 18.8. The van der Waals surface area contributed by atoms with Gasteiger partial charge < -0.3 is 15.0 Å². The Morgan fingerprint density at radius 1 is 1.29 bits per heavy atom. The molecule has 6 nitrogen and oxygen atoms in total. The van der Waals surface area contributed by atoms with Crippen LogP contribution in [-0.2, 0) is 11.3 Å². The van der Waals surface area contributed by atoms with Crippen molar-refractivity contribution in [3.63, 3.8) is 0 Å². The number of rotatable bonds is 6. The summed E-state index contributed by atoms with van der Waals surface area (Å²) in [4.78, 5) is 30.9. The van der Waals surface area contributed by atoms with Gasteiger partial charge in [0, 0.05) is 43.1 Å². The third-order valence-electron chi connectivity index (χ3n) is 4.94. The molecule has 0 bridgehead atoms. The van der Waals surface area contributed by atoms with Gasteiger partial charge in [-0.1, -0.05) is 30.3 Å². The fourth-order valence-electron chi connectivity index (χ4n) is 3.49. The van der Waals surface area contributed by atoms with Crippen LogP contribution in [0.15, 0.2) is 48.7 Å². The lowest BCUT2D eigenvalue weighted by Crippen LogP contribution is -2.37. The number of carbonyl (C=O) groups is 2. The molecule has 0 spiro atoms. The third-order valence-corrected chi connectivity index (χ3v) is 6.07. The van der Waals surface area contributed by atoms with Crippen molar-refractivity contribution in [1.82, 2.24) is 15.2 Å². The molecular formula is C21H23N3O3S. The van der Waals surface area contributed by atoms with Gasteiger partial charge in [0.2, 0.25) is 11.8 Å². The van der Waals surface area contributed by atoms with Crippen LogP contribution in [0.4, 0.5) is 0 Å². The van der Waals surface area contributed by atoms with Crippen LogP contribution in [0.5, 0.6) is 5.88 Å². The highest BCUT2D eigenvalue weighted by Crippen LogP contribution is 2.22. The van der Waals surface area contributed by atoms with Crippen LogP contribution in [0.2, 0.25) is 0 Å². The zero-order valence-corrected chi connectivity index (χ0v) is 16.4. The van der Waals surface area contributed by atoms with Crippen LogP contribution in [0.25, 0.3) is 0 Å². The molecule has 0 radical (unpaired) electrons. The van der Waals surface area contributed by atoms with Crippen molar-refractivity contribution in [3.05, 3.63) is 59.8 Å². The van der Waals surface area contributed by atoms with E-state index in [4.69, 9.17) is 4.74 Å². The molecule has 2 saturated heterocycles. The van der Waals surface area contributed by atoms with Crippen LogP contribution in [0.3, 0.4) is 0 Å². The van der Waals surface area contributed by atoms with Crippen LogP contribution in [0.1, 0.15) is 28.8 Å². The smallest absolute Gasteiger partial charge is 0.251 e. The van der Waals surface area contributed by atoms with E-state index in [0.717, 1.165) is 23.5 Å². The summed E-state index contributed by atoms with van der Waals surface area (Å²) in [5.41, 5.74) is 1.59. The molecule has 2 atom stereocenters. The van der Waals surface area contributed by atoms with E-state index in [1.165, 1.54) is 0 Å². The van der Waals surface area contributed by atoms with Gasteiger partial charge in [-0.15, -0.1) is 0 Å². The molecule has 2 unspecified atom stereocenters. The molecular weight excluding hydrogens is 374 g/mol. The average molecular weight is 398 g/mol. The van der Waals surface area contributed by atoms with Crippen molar-refractivity contribution < 1.29 is 14.3 Å². The molecule has 4 rings (SSSR count). The van der Waals surface area contributed by atoms with E-state index in [0.29, 0.717) is 31.0 Å². The van der Waals surface area contributed by atoms with Crippen molar-refractivity contribution >= 4 is 23.6 Å². The zero-order chi connectivity index (χ0) is 19.3. The molecule has 2 aromatic rings. The number of hydrogen-bond donors (Lipinski definition) is 1. The molecule has 146 valence electrons. The predicted octanol–water partition coefficient (Wildman–Crippen LogP) is 2.50. The lowest BCUT2D eigenvalue weighted by molar-refractivity contribution is -0.128. The van der Waals surface area contributed by atoms with Crippen molar-refractivity contribution in [1.29, 1.82) is 0 Å². The molecule has 0 saturated carbocycles. The number of aromatic nitrogens is 1.